The molecule has 1 spiro atoms. The number of sulfonamides is 1. The van der Waals surface area contributed by atoms with Gasteiger partial charge < -0.3 is 4.90 Å². The van der Waals surface area contributed by atoms with Crippen LogP contribution in [0.2, 0.25) is 5.02 Å². The zero-order chi connectivity index (χ0) is 26.9. The van der Waals surface area contributed by atoms with Crippen molar-refractivity contribution in [2.24, 2.45) is 5.41 Å². The van der Waals surface area contributed by atoms with Gasteiger partial charge in [-0.2, -0.15) is 4.52 Å². The molecule has 0 bridgehead atoms. The predicted molar refractivity (Wildman–Crippen MR) is 148 cm³/mol. The minimum absolute atomic E-state index is 0.110. The van der Waals surface area contributed by atoms with E-state index in [0.717, 1.165) is 29.4 Å². The average molecular weight is 564 g/mol. The van der Waals surface area contributed by atoms with E-state index in [2.05, 4.69) is 20.5 Å². The molecule has 7 rings (SSSR count). The van der Waals surface area contributed by atoms with Crippen LogP contribution in [0, 0.1) is 11.2 Å². The van der Waals surface area contributed by atoms with Crippen molar-refractivity contribution >= 4 is 55.4 Å². The summed E-state index contributed by atoms with van der Waals surface area (Å²) >= 11 is 6.28. The number of hydrogen-bond acceptors (Lipinski definition) is 7. The number of halogens is 2. The summed E-state index contributed by atoms with van der Waals surface area (Å²) in [7, 11) is -3.37. The third-order valence-electron chi connectivity index (χ3n) is 7.62. The van der Waals surface area contributed by atoms with Crippen molar-refractivity contribution in [2.75, 3.05) is 28.0 Å². The van der Waals surface area contributed by atoms with E-state index in [-0.39, 0.29) is 11.2 Å². The Morgan fingerprint density at radius 2 is 1.92 bits per heavy atom. The number of aromatic nitrogens is 5. The fraction of sp³-hybridized carbons (Fsp3) is 0.259. The van der Waals surface area contributed by atoms with Crippen LogP contribution in [-0.4, -0.2) is 52.3 Å². The Morgan fingerprint density at radius 3 is 2.64 bits per heavy atom. The molecule has 0 atom stereocenters. The molecule has 198 valence electrons. The van der Waals surface area contributed by atoms with Gasteiger partial charge in [0, 0.05) is 52.4 Å². The van der Waals surface area contributed by atoms with Gasteiger partial charge in [0.15, 0.2) is 5.65 Å². The van der Waals surface area contributed by atoms with E-state index < -0.39 is 15.8 Å². The molecular weight excluding hydrogens is 541 g/mol. The third kappa shape index (κ3) is 4.07. The molecule has 0 amide bonds. The van der Waals surface area contributed by atoms with Crippen LogP contribution in [0.3, 0.4) is 0 Å². The molecule has 5 aromatic rings. The number of hydrogen-bond donors (Lipinski definition) is 0. The average Bonchev–Trinajstić information content (AvgIpc) is 3.36. The summed E-state index contributed by atoms with van der Waals surface area (Å²) in [6.45, 7) is 3.00. The summed E-state index contributed by atoms with van der Waals surface area (Å²) in [5, 5.41) is 13.4. The zero-order valence-corrected chi connectivity index (χ0v) is 22.5. The fourth-order valence-electron chi connectivity index (χ4n) is 5.48. The number of rotatable bonds is 5. The molecule has 2 aromatic carbocycles. The van der Waals surface area contributed by atoms with Gasteiger partial charge >= 0.3 is 0 Å². The highest BCUT2D eigenvalue weighted by atomic mass is 35.5. The Morgan fingerprint density at radius 1 is 1.08 bits per heavy atom. The van der Waals surface area contributed by atoms with Crippen LogP contribution < -0.4 is 9.21 Å². The molecule has 2 aliphatic rings. The molecule has 3 aromatic heterocycles. The maximum atomic E-state index is 15.0. The van der Waals surface area contributed by atoms with Gasteiger partial charge in [0.2, 0.25) is 10.0 Å². The molecular formula is C27H23ClFN7O2S. The molecule has 0 radical (unpaired) electrons. The summed E-state index contributed by atoms with van der Waals surface area (Å²) in [6.07, 6.45) is 3.47. The third-order valence-corrected chi connectivity index (χ3v) is 9.82. The first-order chi connectivity index (χ1) is 18.7. The summed E-state index contributed by atoms with van der Waals surface area (Å²) in [5.74, 6) is 0.177. The highest BCUT2D eigenvalue weighted by Gasteiger charge is 2.55. The first-order valence-electron chi connectivity index (χ1n) is 12.6. The van der Waals surface area contributed by atoms with Crippen LogP contribution in [-0.2, 0) is 10.0 Å². The van der Waals surface area contributed by atoms with E-state index in [9.17, 15) is 8.42 Å². The molecule has 1 aliphatic heterocycles. The molecule has 12 heteroatoms. The van der Waals surface area contributed by atoms with Gasteiger partial charge in [-0.25, -0.2) is 17.8 Å². The largest absolute Gasteiger partial charge is 0.341 e. The van der Waals surface area contributed by atoms with E-state index in [1.165, 1.54) is 16.4 Å². The van der Waals surface area contributed by atoms with Crippen molar-refractivity contribution in [2.45, 2.75) is 19.8 Å². The Bertz CT molecular complexity index is 1870. The Kier molecular flexibility index (Phi) is 5.33. The van der Waals surface area contributed by atoms with Crippen LogP contribution in [0.15, 0.2) is 60.8 Å². The van der Waals surface area contributed by atoms with Crippen LogP contribution in [0.1, 0.15) is 19.8 Å². The lowest BCUT2D eigenvalue weighted by atomic mass is 10.1. The van der Waals surface area contributed by atoms with Gasteiger partial charge in [0.1, 0.15) is 11.6 Å². The maximum absolute atomic E-state index is 15.0. The van der Waals surface area contributed by atoms with E-state index in [0.29, 0.717) is 46.4 Å². The highest BCUT2D eigenvalue weighted by molar-refractivity contribution is 7.93. The highest BCUT2D eigenvalue weighted by Crippen LogP contribution is 2.52. The van der Waals surface area contributed by atoms with E-state index >= 15 is 4.39 Å². The molecule has 0 unspecified atom stereocenters. The Labute approximate surface area is 228 Å². The SMILES string of the molecule is CCN(c1cc(F)cc(-c2ccc(N3CC4(CC4)CS3(=O)=O)nc2)c1)c1cc2nnnn2c2cc(Cl)ccc12. The summed E-state index contributed by atoms with van der Waals surface area (Å²) in [6, 6.07) is 15.7. The van der Waals surface area contributed by atoms with Gasteiger partial charge in [0.05, 0.1) is 17.0 Å². The summed E-state index contributed by atoms with van der Waals surface area (Å²) in [5.41, 5.74) is 3.93. The van der Waals surface area contributed by atoms with Crippen molar-refractivity contribution in [3.8, 4) is 11.1 Å². The predicted octanol–water partition coefficient (Wildman–Crippen LogP) is 5.22. The minimum atomic E-state index is -3.37. The Hall–Kier alpha value is -3.83. The van der Waals surface area contributed by atoms with E-state index in [1.807, 2.05) is 30.0 Å². The van der Waals surface area contributed by atoms with Crippen LogP contribution >= 0.6 is 11.6 Å². The lowest BCUT2D eigenvalue weighted by Gasteiger charge is -2.26. The number of pyridine rings is 2. The van der Waals surface area contributed by atoms with Crippen molar-refractivity contribution in [3.05, 3.63) is 71.6 Å². The fourth-order valence-corrected chi connectivity index (χ4v) is 7.82. The standard InChI is InChI=1S/C27H23ClFN7O2S/c1-2-34(23-13-26-31-32-33-36(26)24-11-19(28)4-5-22(23)24)21-10-18(9-20(29)12-21)17-3-6-25(30-14-17)35-15-27(7-8-27)16-39(35,37)38/h3-6,9-14H,2,7-8,15-16H2,1H3. The molecule has 1 aliphatic carbocycles. The topological polar surface area (TPSA) is 96.6 Å². The quantitative estimate of drug-likeness (QED) is 0.289. The van der Waals surface area contributed by atoms with E-state index in [4.69, 9.17) is 11.6 Å². The van der Waals surface area contributed by atoms with Crippen LogP contribution in [0.4, 0.5) is 21.6 Å². The lowest BCUT2D eigenvalue weighted by molar-refractivity contribution is 0.593. The normalized spacial score (nSPS) is 17.4. The minimum Gasteiger partial charge on any atom is -0.341 e. The smallest absolute Gasteiger partial charge is 0.236 e. The van der Waals surface area contributed by atoms with Crippen LogP contribution in [0.5, 0.6) is 0 Å². The number of nitrogens with zero attached hydrogens (tertiary/aromatic N) is 7. The van der Waals surface area contributed by atoms with Crippen LogP contribution in [0.25, 0.3) is 27.7 Å². The number of tetrazole rings is 1. The molecule has 1 saturated heterocycles. The van der Waals surface area contributed by atoms with Crippen molar-refractivity contribution < 1.29 is 12.8 Å². The number of fused-ring (bicyclic) bond motifs is 3. The van der Waals surface area contributed by atoms with Crippen molar-refractivity contribution in [1.29, 1.82) is 0 Å². The second-order valence-electron chi connectivity index (χ2n) is 10.3. The maximum Gasteiger partial charge on any atom is 0.236 e. The number of anilines is 3. The first-order valence-corrected chi connectivity index (χ1v) is 14.6. The molecule has 39 heavy (non-hydrogen) atoms. The van der Waals surface area contributed by atoms with Gasteiger partial charge in [-0.1, -0.05) is 11.6 Å². The first kappa shape index (κ1) is 24.2. The molecule has 9 nitrogen and oxygen atoms in total. The Balaban J connectivity index is 1.28. The summed E-state index contributed by atoms with van der Waals surface area (Å²) < 4.78 is 43.4. The molecule has 4 heterocycles. The van der Waals surface area contributed by atoms with Crippen molar-refractivity contribution in [1.82, 2.24) is 25.0 Å². The van der Waals surface area contributed by atoms with E-state index in [1.54, 1.807) is 35.0 Å². The van der Waals surface area contributed by atoms with Gasteiger partial charge in [-0.05, 0) is 84.3 Å². The zero-order valence-electron chi connectivity index (χ0n) is 20.9. The van der Waals surface area contributed by atoms with Gasteiger partial charge in [0.25, 0.3) is 0 Å². The molecule has 0 N–H and O–H groups in total. The lowest BCUT2D eigenvalue weighted by Crippen LogP contribution is -2.26. The monoisotopic (exact) mass is 563 g/mol. The number of benzene rings is 2. The summed E-state index contributed by atoms with van der Waals surface area (Å²) in [4.78, 5) is 6.45. The second-order valence-corrected chi connectivity index (χ2v) is 12.6. The van der Waals surface area contributed by atoms with Crippen molar-refractivity contribution in [3.63, 3.8) is 0 Å². The van der Waals surface area contributed by atoms with Gasteiger partial charge in [-0.15, -0.1) is 5.10 Å². The second kappa shape index (κ2) is 8.59. The molecule has 1 saturated carbocycles. The molecule has 2 fully saturated rings. The van der Waals surface area contributed by atoms with Gasteiger partial charge in [-0.3, -0.25) is 4.31 Å².